The Labute approximate surface area is 173 Å². The molecule has 0 unspecified atom stereocenters. The fraction of sp³-hybridized carbons (Fsp3) is 0.130. The minimum Gasteiger partial charge on any atom is -0.494 e. The van der Waals surface area contributed by atoms with Crippen LogP contribution in [-0.4, -0.2) is 25.5 Å². The van der Waals surface area contributed by atoms with Gasteiger partial charge in [-0.1, -0.05) is 54.6 Å². The van der Waals surface area contributed by atoms with Gasteiger partial charge in [0, 0.05) is 5.56 Å². The molecular weight excluding hydrogens is 387 g/mol. The predicted molar refractivity (Wildman–Crippen MR) is 110 cm³/mol. The van der Waals surface area contributed by atoms with Gasteiger partial charge in [-0.3, -0.25) is 20.4 Å². The zero-order valence-electron chi connectivity index (χ0n) is 16.4. The fourth-order valence-corrected chi connectivity index (χ4v) is 2.82. The van der Waals surface area contributed by atoms with E-state index < -0.39 is 17.6 Å². The van der Waals surface area contributed by atoms with Gasteiger partial charge in [0.25, 0.3) is 5.91 Å². The number of benzene rings is 3. The summed E-state index contributed by atoms with van der Waals surface area (Å²) in [5, 5.41) is 0. The van der Waals surface area contributed by atoms with Gasteiger partial charge in [0.05, 0.1) is 13.5 Å². The van der Waals surface area contributed by atoms with Gasteiger partial charge in [0.2, 0.25) is 5.91 Å². The van der Waals surface area contributed by atoms with Crippen molar-refractivity contribution in [2.45, 2.75) is 6.42 Å². The maximum atomic E-state index is 13.7. The summed E-state index contributed by atoms with van der Waals surface area (Å²) in [5.74, 6) is -0.915. The summed E-state index contributed by atoms with van der Waals surface area (Å²) in [6.07, 6.45) is -0.0983. The van der Waals surface area contributed by atoms with Crippen LogP contribution in [0.5, 0.6) is 11.5 Å². The number of ether oxygens (including phenoxy) is 2. The number of rotatable bonds is 7. The lowest BCUT2D eigenvalue weighted by Gasteiger charge is -2.12. The molecule has 2 amide bonds. The van der Waals surface area contributed by atoms with Crippen LogP contribution in [-0.2, 0) is 16.0 Å². The molecule has 0 saturated heterocycles. The normalized spacial score (nSPS) is 10.2. The van der Waals surface area contributed by atoms with Gasteiger partial charge in [-0.25, -0.2) is 4.39 Å². The van der Waals surface area contributed by atoms with Crippen LogP contribution in [0.1, 0.15) is 5.56 Å². The quantitative estimate of drug-likeness (QED) is 0.589. The first-order valence-electron chi connectivity index (χ1n) is 9.24. The van der Waals surface area contributed by atoms with Crippen LogP contribution in [0.4, 0.5) is 4.39 Å². The first-order chi connectivity index (χ1) is 14.6. The van der Waals surface area contributed by atoms with E-state index in [0.717, 1.165) is 11.1 Å². The molecule has 7 heteroatoms. The fourth-order valence-electron chi connectivity index (χ4n) is 2.82. The van der Waals surface area contributed by atoms with E-state index in [0.29, 0.717) is 11.3 Å². The van der Waals surface area contributed by atoms with Crippen molar-refractivity contribution in [1.29, 1.82) is 0 Å². The highest BCUT2D eigenvalue weighted by molar-refractivity contribution is 5.84. The van der Waals surface area contributed by atoms with Crippen LogP contribution >= 0.6 is 0 Å². The zero-order chi connectivity index (χ0) is 21.3. The van der Waals surface area contributed by atoms with Crippen LogP contribution < -0.4 is 20.3 Å². The second-order valence-corrected chi connectivity index (χ2v) is 6.39. The Bertz CT molecular complexity index is 1020. The molecule has 0 aliphatic heterocycles. The summed E-state index contributed by atoms with van der Waals surface area (Å²) in [4.78, 5) is 24.0. The number of carbonyl (C=O) groups excluding carboxylic acids is 2. The summed E-state index contributed by atoms with van der Waals surface area (Å²) in [6.45, 7) is -0.276. The molecule has 0 aromatic heterocycles. The Hall–Kier alpha value is -3.87. The maximum Gasteiger partial charge on any atom is 0.276 e. The van der Waals surface area contributed by atoms with Crippen molar-refractivity contribution >= 4 is 11.8 Å². The van der Waals surface area contributed by atoms with E-state index in [9.17, 15) is 14.0 Å². The smallest absolute Gasteiger partial charge is 0.276 e. The van der Waals surface area contributed by atoms with E-state index in [-0.39, 0.29) is 18.8 Å². The van der Waals surface area contributed by atoms with Crippen molar-refractivity contribution in [3.63, 3.8) is 0 Å². The van der Waals surface area contributed by atoms with Crippen molar-refractivity contribution in [3.8, 4) is 22.6 Å². The molecule has 0 saturated carbocycles. The number of hydrogen-bond acceptors (Lipinski definition) is 4. The largest absolute Gasteiger partial charge is 0.494 e. The van der Waals surface area contributed by atoms with Gasteiger partial charge in [-0.2, -0.15) is 0 Å². The first kappa shape index (κ1) is 20.9. The van der Waals surface area contributed by atoms with Gasteiger partial charge in [-0.15, -0.1) is 0 Å². The molecule has 154 valence electrons. The van der Waals surface area contributed by atoms with Gasteiger partial charge >= 0.3 is 0 Å². The Morgan fingerprint density at radius 3 is 2.30 bits per heavy atom. The van der Waals surface area contributed by atoms with Gasteiger partial charge in [0.1, 0.15) is 5.75 Å². The molecule has 0 heterocycles. The molecule has 3 aromatic carbocycles. The molecule has 0 atom stereocenters. The first-order valence-corrected chi connectivity index (χ1v) is 9.24. The highest BCUT2D eigenvalue weighted by Gasteiger charge is 2.11. The van der Waals surface area contributed by atoms with E-state index in [1.807, 2.05) is 48.5 Å². The Kier molecular flexibility index (Phi) is 7.00. The molecule has 3 rings (SSSR count). The lowest BCUT2D eigenvalue weighted by molar-refractivity contribution is -0.129. The van der Waals surface area contributed by atoms with E-state index >= 15 is 0 Å². The third-order valence-electron chi connectivity index (χ3n) is 4.25. The van der Waals surface area contributed by atoms with E-state index in [1.165, 1.54) is 19.2 Å². The highest BCUT2D eigenvalue weighted by atomic mass is 19.1. The summed E-state index contributed by atoms with van der Waals surface area (Å²) < 4.78 is 24.1. The van der Waals surface area contributed by atoms with Crippen LogP contribution in [0.25, 0.3) is 11.1 Å². The number of hydrogen-bond donors (Lipinski definition) is 2. The summed E-state index contributed by atoms with van der Waals surface area (Å²) in [7, 11) is 1.36. The van der Waals surface area contributed by atoms with E-state index in [4.69, 9.17) is 9.47 Å². The molecular formula is C23H21FN2O4. The molecule has 0 aliphatic carbocycles. The molecule has 0 bridgehead atoms. The minimum absolute atomic E-state index is 0.0976. The number of hydrazine groups is 1. The average Bonchev–Trinajstić information content (AvgIpc) is 2.77. The van der Waals surface area contributed by atoms with Crippen molar-refractivity contribution in [2.24, 2.45) is 0 Å². The lowest BCUT2D eigenvalue weighted by Crippen LogP contribution is -2.44. The van der Waals surface area contributed by atoms with Crippen molar-refractivity contribution in [1.82, 2.24) is 10.9 Å². The topological polar surface area (TPSA) is 76.7 Å². The second kappa shape index (κ2) is 10.1. The Morgan fingerprint density at radius 2 is 1.57 bits per heavy atom. The maximum absolute atomic E-state index is 13.7. The van der Waals surface area contributed by atoms with Gasteiger partial charge in [-0.05, 0) is 29.3 Å². The van der Waals surface area contributed by atoms with Gasteiger partial charge < -0.3 is 9.47 Å². The molecule has 0 aliphatic rings. The second-order valence-electron chi connectivity index (χ2n) is 6.39. The Balaban J connectivity index is 1.50. The molecule has 6 nitrogen and oxygen atoms in total. The number of methoxy groups -OCH3 is 1. The SMILES string of the molecule is COc1ccc(CC(=O)NNC(=O)COc2ccccc2-c2ccccc2)cc1F. The summed E-state index contributed by atoms with van der Waals surface area (Å²) >= 11 is 0. The number of halogens is 1. The highest BCUT2D eigenvalue weighted by Crippen LogP contribution is 2.29. The number of para-hydroxylation sites is 1. The third kappa shape index (κ3) is 5.57. The molecule has 0 fully saturated rings. The van der Waals surface area contributed by atoms with Gasteiger partial charge in [0.15, 0.2) is 18.2 Å². The number of carbonyl (C=O) groups is 2. The van der Waals surface area contributed by atoms with Crippen molar-refractivity contribution in [3.05, 3.63) is 84.2 Å². The molecule has 30 heavy (non-hydrogen) atoms. The standard InChI is InChI=1S/C23H21FN2O4/c1-29-21-12-11-16(13-19(21)24)14-22(27)25-26-23(28)15-30-20-10-6-5-9-18(20)17-7-3-2-4-8-17/h2-13H,14-15H2,1H3,(H,25,27)(H,26,28). The molecule has 0 spiro atoms. The van der Waals surface area contributed by atoms with E-state index in [2.05, 4.69) is 10.9 Å². The monoisotopic (exact) mass is 408 g/mol. The third-order valence-corrected chi connectivity index (χ3v) is 4.25. The van der Waals surface area contributed by atoms with Crippen LogP contribution in [0, 0.1) is 5.82 Å². The van der Waals surface area contributed by atoms with Crippen LogP contribution in [0.15, 0.2) is 72.8 Å². The minimum atomic E-state index is -0.558. The number of amides is 2. The number of nitrogens with one attached hydrogen (secondary N) is 2. The zero-order valence-corrected chi connectivity index (χ0v) is 16.4. The Morgan fingerprint density at radius 1 is 0.867 bits per heavy atom. The average molecular weight is 408 g/mol. The lowest BCUT2D eigenvalue weighted by atomic mass is 10.1. The van der Waals surface area contributed by atoms with Crippen LogP contribution in [0.2, 0.25) is 0 Å². The summed E-state index contributed by atoms with van der Waals surface area (Å²) in [5.41, 5.74) is 6.85. The van der Waals surface area contributed by atoms with E-state index in [1.54, 1.807) is 12.1 Å². The predicted octanol–water partition coefficient (Wildman–Crippen LogP) is 3.27. The molecule has 2 N–H and O–H groups in total. The molecule has 0 radical (unpaired) electrons. The van der Waals surface area contributed by atoms with Crippen LogP contribution in [0.3, 0.4) is 0 Å². The van der Waals surface area contributed by atoms with Crippen molar-refractivity contribution in [2.75, 3.05) is 13.7 Å². The molecule has 3 aromatic rings. The van der Waals surface area contributed by atoms with Crippen molar-refractivity contribution < 1.29 is 23.5 Å². The summed E-state index contributed by atoms with van der Waals surface area (Å²) in [6, 6.07) is 21.3.